The van der Waals surface area contributed by atoms with E-state index < -0.39 is 5.82 Å². The zero-order valence-corrected chi connectivity index (χ0v) is 13.9. The Hall–Kier alpha value is -0.900. The first kappa shape index (κ1) is 15.0. The van der Waals surface area contributed by atoms with Gasteiger partial charge in [0.25, 0.3) is 5.91 Å². The lowest BCUT2D eigenvalue weighted by Gasteiger charge is -2.36. The van der Waals surface area contributed by atoms with Crippen molar-refractivity contribution in [3.05, 3.63) is 34.1 Å². The molecule has 1 aromatic rings. The summed E-state index contributed by atoms with van der Waals surface area (Å²) in [5, 5.41) is 0. The Labute approximate surface area is 133 Å². The highest BCUT2D eigenvalue weighted by atomic mass is 79.9. The molecule has 0 N–H and O–H groups in total. The number of halogens is 2. The second-order valence-corrected chi connectivity index (χ2v) is 7.40. The SMILES string of the molecule is CC1CCC(N(C(=O)c2cc(Br)ccc2F)C2CC2)CC1. The third-order valence-corrected chi connectivity index (χ3v) is 5.21. The monoisotopic (exact) mass is 353 g/mol. The zero-order valence-electron chi connectivity index (χ0n) is 12.3. The molecule has 4 heteroatoms. The third kappa shape index (κ3) is 3.31. The van der Waals surface area contributed by atoms with Crippen molar-refractivity contribution >= 4 is 21.8 Å². The number of amides is 1. The number of carbonyl (C=O) groups excluding carboxylic acids is 1. The summed E-state index contributed by atoms with van der Waals surface area (Å²) in [6.07, 6.45) is 6.57. The van der Waals surface area contributed by atoms with Crippen LogP contribution in [0.4, 0.5) is 4.39 Å². The predicted molar refractivity (Wildman–Crippen MR) is 84.7 cm³/mol. The molecule has 2 nitrogen and oxygen atoms in total. The Balaban J connectivity index is 1.83. The molecule has 21 heavy (non-hydrogen) atoms. The van der Waals surface area contributed by atoms with Gasteiger partial charge in [-0.2, -0.15) is 0 Å². The van der Waals surface area contributed by atoms with Crippen LogP contribution in [0, 0.1) is 11.7 Å². The molecule has 114 valence electrons. The maximum atomic E-state index is 14.0. The number of rotatable bonds is 3. The summed E-state index contributed by atoms with van der Waals surface area (Å²) in [7, 11) is 0. The molecule has 0 unspecified atom stereocenters. The summed E-state index contributed by atoms with van der Waals surface area (Å²) in [5.74, 6) is 0.203. The van der Waals surface area contributed by atoms with Crippen molar-refractivity contribution in [1.82, 2.24) is 4.90 Å². The highest BCUT2D eigenvalue weighted by molar-refractivity contribution is 9.10. The van der Waals surface area contributed by atoms with Crippen LogP contribution in [0.1, 0.15) is 55.8 Å². The number of benzene rings is 1. The Morgan fingerprint density at radius 3 is 2.29 bits per heavy atom. The van der Waals surface area contributed by atoms with Crippen LogP contribution in [0.25, 0.3) is 0 Å². The van der Waals surface area contributed by atoms with Crippen molar-refractivity contribution < 1.29 is 9.18 Å². The van der Waals surface area contributed by atoms with Gasteiger partial charge in [0.2, 0.25) is 0 Å². The molecular formula is C17H21BrFNO. The van der Waals surface area contributed by atoms with Crippen molar-refractivity contribution in [3.8, 4) is 0 Å². The Morgan fingerprint density at radius 2 is 1.71 bits per heavy atom. The van der Waals surface area contributed by atoms with Crippen molar-refractivity contribution in [3.63, 3.8) is 0 Å². The van der Waals surface area contributed by atoms with Gasteiger partial charge >= 0.3 is 0 Å². The first-order valence-electron chi connectivity index (χ1n) is 7.84. The third-order valence-electron chi connectivity index (χ3n) is 4.71. The molecule has 0 bridgehead atoms. The van der Waals surface area contributed by atoms with Crippen LogP contribution in [0.15, 0.2) is 22.7 Å². The largest absolute Gasteiger partial charge is 0.333 e. The van der Waals surface area contributed by atoms with Crippen molar-refractivity contribution in [2.45, 2.75) is 57.5 Å². The molecule has 0 spiro atoms. The van der Waals surface area contributed by atoms with Crippen molar-refractivity contribution in [2.24, 2.45) is 5.92 Å². The molecule has 0 saturated heterocycles. The quantitative estimate of drug-likeness (QED) is 0.766. The molecule has 2 aliphatic rings. The summed E-state index contributed by atoms with van der Waals surface area (Å²) in [5.41, 5.74) is 0.204. The van der Waals surface area contributed by atoms with Crippen molar-refractivity contribution in [1.29, 1.82) is 0 Å². The minimum absolute atomic E-state index is 0.129. The minimum atomic E-state index is -0.418. The normalized spacial score (nSPS) is 25.7. The fourth-order valence-corrected chi connectivity index (χ4v) is 3.66. The fourth-order valence-electron chi connectivity index (χ4n) is 3.30. The van der Waals surface area contributed by atoms with Gasteiger partial charge < -0.3 is 4.90 Å². The van der Waals surface area contributed by atoms with E-state index in [9.17, 15) is 9.18 Å². The molecule has 2 saturated carbocycles. The van der Waals surface area contributed by atoms with Gasteiger partial charge in [-0.3, -0.25) is 4.79 Å². The van der Waals surface area contributed by atoms with E-state index in [1.807, 2.05) is 4.90 Å². The summed E-state index contributed by atoms with van der Waals surface area (Å²) in [4.78, 5) is 14.8. The maximum Gasteiger partial charge on any atom is 0.257 e. The zero-order chi connectivity index (χ0) is 15.0. The Kier molecular flexibility index (Phi) is 4.34. The van der Waals surface area contributed by atoms with Crippen LogP contribution in [0.5, 0.6) is 0 Å². The summed E-state index contributed by atoms with van der Waals surface area (Å²) < 4.78 is 14.8. The van der Waals surface area contributed by atoms with Gasteiger partial charge in [0.15, 0.2) is 0 Å². The van der Waals surface area contributed by atoms with E-state index in [-0.39, 0.29) is 11.5 Å². The van der Waals surface area contributed by atoms with Gasteiger partial charge in [0, 0.05) is 16.6 Å². The first-order valence-corrected chi connectivity index (χ1v) is 8.63. The molecule has 1 aromatic carbocycles. The van der Waals surface area contributed by atoms with E-state index in [2.05, 4.69) is 22.9 Å². The molecule has 3 rings (SSSR count). The van der Waals surface area contributed by atoms with E-state index in [1.54, 1.807) is 12.1 Å². The maximum absolute atomic E-state index is 14.0. The topological polar surface area (TPSA) is 20.3 Å². The van der Waals surface area contributed by atoms with Gasteiger partial charge in [-0.1, -0.05) is 22.9 Å². The molecular weight excluding hydrogens is 333 g/mol. The number of hydrogen-bond donors (Lipinski definition) is 0. The molecule has 2 aliphatic carbocycles. The molecule has 0 atom stereocenters. The minimum Gasteiger partial charge on any atom is -0.333 e. The van der Waals surface area contributed by atoms with Gasteiger partial charge in [-0.25, -0.2) is 4.39 Å². The smallest absolute Gasteiger partial charge is 0.257 e. The molecule has 0 radical (unpaired) electrons. The molecule has 1 amide bonds. The number of hydrogen-bond acceptors (Lipinski definition) is 1. The second-order valence-electron chi connectivity index (χ2n) is 6.48. The van der Waals surface area contributed by atoms with Crippen molar-refractivity contribution in [2.75, 3.05) is 0 Å². The summed E-state index contributed by atoms with van der Waals surface area (Å²) >= 11 is 3.33. The first-order chi connectivity index (χ1) is 10.1. The summed E-state index contributed by atoms with van der Waals surface area (Å²) in [6.45, 7) is 2.27. The lowest BCUT2D eigenvalue weighted by atomic mass is 9.86. The van der Waals surface area contributed by atoms with E-state index in [0.29, 0.717) is 12.1 Å². The Morgan fingerprint density at radius 1 is 1.14 bits per heavy atom. The number of nitrogens with zero attached hydrogens (tertiary/aromatic N) is 1. The van der Waals surface area contributed by atoms with E-state index in [4.69, 9.17) is 0 Å². The highest BCUT2D eigenvalue weighted by Crippen LogP contribution is 2.36. The van der Waals surface area contributed by atoms with E-state index >= 15 is 0 Å². The van der Waals surface area contributed by atoms with Gasteiger partial charge in [-0.15, -0.1) is 0 Å². The number of carbonyl (C=O) groups is 1. The summed E-state index contributed by atoms with van der Waals surface area (Å²) in [6, 6.07) is 5.23. The van der Waals surface area contributed by atoms with Crippen LogP contribution in [-0.4, -0.2) is 22.9 Å². The predicted octanol–water partition coefficient (Wildman–Crippen LogP) is 4.77. The average molecular weight is 354 g/mol. The lowest BCUT2D eigenvalue weighted by molar-refractivity contribution is 0.0588. The average Bonchev–Trinajstić information content (AvgIpc) is 3.28. The standard InChI is InChI=1S/C17H21BrFNO/c1-11-2-5-13(6-3-11)20(14-7-8-14)17(21)15-10-12(18)4-9-16(15)19/h4,9-11,13-14H,2-3,5-8H2,1H3. The second kappa shape index (κ2) is 6.07. The molecule has 0 heterocycles. The van der Waals surface area contributed by atoms with Crippen LogP contribution in [-0.2, 0) is 0 Å². The van der Waals surface area contributed by atoms with Gasteiger partial charge in [0.05, 0.1) is 5.56 Å². The molecule has 0 aromatic heterocycles. The molecule has 0 aliphatic heterocycles. The van der Waals surface area contributed by atoms with Crippen LogP contribution < -0.4 is 0 Å². The van der Waals surface area contributed by atoms with E-state index in [1.165, 1.54) is 18.9 Å². The van der Waals surface area contributed by atoms with Crippen LogP contribution in [0.2, 0.25) is 0 Å². The van der Waals surface area contributed by atoms with Gasteiger partial charge in [-0.05, 0) is 62.6 Å². The highest BCUT2D eigenvalue weighted by Gasteiger charge is 2.39. The fraction of sp³-hybridized carbons (Fsp3) is 0.588. The molecule has 2 fully saturated rings. The van der Waals surface area contributed by atoms with Crippen LogP contribution >= 0.6 is 15.9 Å². The van der Waals surface area contributed by atoms with Gasteiger partial charge in [0.1, 0.15) is 5.82 Å². The van der Waals surface area contributed by atoms with E-state index in [0.717, 1.165) is 36.1 Å². The lowest BCUT2D eigenvalue weighted by Crippen LogP contribution is -2.44. The Bertz CT molecular complexity index is 536. The van der Waals surface area contributed by atoms with Crippen LogP contribution in [0.3, 0.4) is 0 Å².